The van der Waals surface area contributed by atoms with Gasteiger partial charge in [-0.15, -0.1) is 0 Å². The molecular formula is C74H136O6. The van der Waals surface area contributed by atoms with Gasteiger partial charge in [-0.25, -0.2) is 0 Å². The Bertz CT molecular complexity index is 1380. The van der Waals surface area contributed by atoms with E-state index < -0.39 is 6.10 Å². The third-order valence-corrected chi connectivity index (χ3v) is 16.1. The lowest BCUT2D eigenvalue weighted by Crippen LogP contribution is -2.30. The van der Waals surface area contributed by atoms with E-state index in [1.807, 2.05) is 0 Å². The quantitative estimate of drug-likeness (QED) is 0.0261. The Morgan fingerprint density at radius 2 is 0.487 bits per heavy atom. The third-order valence-electron chi connectivity index (χ3n) is 16.1. The Morgan fingerprint density at radius 3 is 0.787 bits per heavy atom. The van der Waals surface area contributed by atoms with Gasteiger partial charge in [0, 0.05) is 19.3 Å². The SMILES string of the molecule is CC/C=C\C/C=C\C/C=C\CCCCCC(=O)OCC(COC(=O)CCCCCCCCCCCCCCCCC/C=C\CCCCCCCCCC)OC(=O)CCCCCCCCCCCCCCCCCCCCCCCC. The minimum Gasteiger partial charge on any atom is -0.462 e. The summed E-state index contributed by atoms with van der Waals surface area (Å²) in [5.41, 5.74) is 0. The summed E-state index contributed by atoms with van der Waals surface area (Å²) >= 11 is 0. The molecule has 0 amide bonds. The molecule has 0 fully saturated rings. The van der Waals surface area contributed by atoms with Gasteiger partial charge in [0.15, 0.2) is 6.10 Å². The van der Waals surface area contributed by atoms with E-state index in [-0.39, 0.29) is 31.1 Å². The topological polar surface area (TPSA) is 78.9 Å². The van der Waals surface area contributed by atoms with Crippen molar-refractivity contribution in [2.75, 3.05) is 13.2 Å². The van der Waals surface area contributed by atoms with Gasteiger partial charge >= 0.3 is 17.9 Å². The number of esters is 3. The van der Waals surface area contributed by atoms with Crippen molar-refractivity contribution in [3.63, 3.8) is 0 Å². The lowest BCUT2D eigenvalue weighted by Gasteiger charge is -2.18. The minimum absolute atomic E-state index is 0.0779. The van der Waals surface area contributed by atoms with E-state index in [0.717, 1.165) is 83.5 Å². The fourth-order valence-electron chi connectivity index (χ4n) is 10.8. The molecule has 0 aliphatic carbocycles. The summed E-state index contributed by atoms with van der Waals surface area (Å²) in [4.78, 5) is 38.4. The van der Waals surface area contributed by atoms with Crippen LogP contribution in [0.1, 0.15) is 387 Å². The van der Waals surface area contributed by atoms with Crippen molar-refractivity contribution < 1.29 is 28.6 Å². The number of hydrogen-bond donors (Lipinski definition) is 0. The van der Waals surface area contributed by atoms with Crippen LogP contribution in [-0.2, 0) is 28.6 Å². The highest BCUT2D eigenvalue weighted by Gasteiger charge is 2.19. The fraction of sp³-hybridized carbons (Fsp3) is 0.851. The van der Waals surface area contributed by atoms with Crippen LogP contribution >= 0.6 is 0 Å². The molecule has 6 nitrogen and oxygen atoms in total. The Morgan fingerprint density at radius 1 is 0.263 bits per heavy atom. The van der Waals surface area contributed by atoms with E-state index in [9.17, 15) is 14.4 Å². The lowest BCUT2D eigenvalue weighted by molar-refractivity contribution is -0.167. The Hall–Kier alpha value is -2.63. The predicted molar refractivity (Wildman–Crippen MR) is 349 cm³/mol. The Labute approximate surface area is 498 Å². The van der Waals surface area contributed by atoms with E-state index >= 15 is 0 Å². The summed E-state index contributed by atoms with van der Waals surface area (Å²) in [6.07, 6.45) is 87.3. The number of carbonyl (C=O) groups is 3. The van der Waals surface area contributed by atoms with Crippen LogP contribution in [0.3, 0.4) is 0 Å². The summed E-state index contributed by atoms with van der Waals surface area (Å²) in [6.45, 7) is 6.57. The molecule has 468 valence electrons. The summed E-state index contributed by atoms with van der Waals surface area (Å²) in [7, 11) is 0. The van der Waals surface area contributed by atoms with Crippen molar-refractivity contribution in [2.45, 2.75) is 393 Å². The normalized spacial score (nSPS) is 12.3. The number of hydrogen-bond acceptors (Lipinski definition) is 6. The van der Waals surface area contributed by atoms with Gasteiger partial charge in [-0.3, -0.25) is 14.4 Å². The van der Waals surface area contributed by atoms with Gasteiger partial charge in [0.25, 0.3) is 0 Å². The number of unbranched alkanes of at least 4 members (excludes halogenated alkanes) is 47. The zero-order valence-electron chi connectivity index (χ0n) is 53.9. The highest BCUT2D eigenvalue weighted by molar-refractivity contribution is 5.71. The molecule has 0 rings (SSSR count). The number of rotatable bonds is 66. The molecule has 0 bridgehead atoms. The summed E-state index contributed by atoms with van der Waals surface area (Å²) in [6, 6.07) is 0. The van der Waals surface area contributed by atoms with Crippen LogP contribution in [0, 0.1) is 0 Å². The smallest absolute Gasteiger partial charge is 0.306 e. The van der Waals surface area contributed by atoms with Gasteiger partial charge in [-0.1, -0.05) is 339 Å². The second-order valence-electron chi connectivity index (χ2n) is 24.1. The van der Waals surface area contributed by atoms with Crippen LogP contribution in [0.15, 0.2) is 48.6 Å². The first-order valence-corrected chi connectivity index (χ1v) is 35.6. The first-order chi connectivity index (χ1) is 39.5. The maximum Gasteiger partial charge on any atom is 0.306 e. The van der Waals surface area contributed by atoms with E-state index in [0.29, 0.717) is 19.3 Å². The first-order valence-electron chi connectivity index (χ1n) is 35.6. The van der Waals surface area contributed by atoms with E-state index in [4.69, 9.17) is 14.2 Å². The maximum absolute atomic E-state index is 12.9. The second-order valence-corrected chi connectivity index (χ2v) is 24.1. The van der Waals surface area contributed by atoms with Crippen molar-refractivity contribution in [2.24, 2.45) is 0 Å². The number of allylic oxidation sites excluding steroid dienone is 8. The second kappa shape index (κ2) is 68.9. The zero-order valence-corrected chi connectivity index (χ0v) is 53.9. The van der Waals surface area contributed by atoms with Gasteiger partial charge in [-0.2, -0.15) is 0 Å². The molecular weight excluding hydrogens is 985 g/mol. The average Bonchev–Trinajstić information content (AvgIpc) is 3.46. The summed E-state index contributed by atoms with van der Waals surface area (Å²) in [5, 5.41) is 0. The largest absolute Gasteiger partial charge is 0.462 e. The van der Waals surface area contributed by atoms with Crippen LogP contribution in [0.2, 0.25) is 0 Å². The fourth-order valence-corrected chi connectivity index (χ4v) is 10.8. The van der Waals surface area contributed by atoms with Gasteiger partial charge in [-0.05, 0) is 77.0 Å². The lowest BCUT2D eigenvalue weighted by atomic mass is 10.0. The molecule has 1 unspecified atom stereocenters. The predicted octanol–water partition coefficient (Wildman–Crippen LogP) is 24.5. The average molecular weight is 1120 g/mol. The first kappa shape index (κ1) is 77.4. The molecule has 0 spiro atoms. The van der Waals surface area contributed by atoms with Gasteiger partial charge in [0.2, 0.25) is 0 Å². The van der Waals surface area contributed by atoms with Gasteiger partial charge < -0.3 is 14.2 Å². The highest BCUT2D eigenvalue weighted by Crippen LogP contribution is 2.19. The van der Waals surface area contributed by atoms with Crippen LogP contribution in [0.4, 0.5) is 0 Å². The van der Waals surface area contributed by atoms with E-state index in [1.165, 1.54) is 263 Å². The maximum atomic E-state index is 12.9. The van der Waals surface area contributed by atoms with Crippen molar-refractivity contribution in [1.29, 1.82) is 0 Å². The van der Waals surface area contributed by atoms with Crippen molar-refractivity contribution in [3.05, 3.63) is 48.6 Å². The monoisotopic (exact) mass is 1120 g/mol. The van der Waals surface area contributed by atoms with Crippen molar-refractivity contribution in [1.82, 2.24) is 0 Å². The highest BCUT2D eigenvalue weighted by atomic mass is 16.6. The van der Waals surface area contributed by atoms with Crippen LogP contribution in [0.25, 0.3) is 0 Å². The Balaban J connectivity index is 4.22. The standard InChI is InChI=1S/C74H136O6/c1-4-7-10-13-16-19-22-25-27-29-31-33-35-36-37-38-39-41-42-44-46-49-52-55-58-61-64-67-73(76)79-70-71(69-78-72(75)66-63-60-57-54-51-48-24-21-18-15-12-9-6-3)80-74(77)68-65-62-59-56-53-50-47-45-43-40-34-32-30-28-26-23-20-17-14-11-8-5-2/h9,12,18,21,29,31,48,51,71H,4-8,10-11,13-17,19-20,22-28,30,32-47,49-50,52-70H2,1-3H3/b12-9-,21-18-,31-29-,51-48-. The molecule has 6 heteroatoms. The molecule has 0 aliphatic heterocycles. The molecule has 0 aromatic carbocycles. The number of carbonyl (C=O) groups excluding carboxylic acids is 3. The zero-order chi connectivity index (χ0) is 57.8. The summed E-state index contributed by atoms with van der Waals surface area (Å²) in [5.74, 6) is -0.882. The van der Waals surface area contributed by atoms with E-state index in [2.05, 4.69) is 69.4 Å². The van der Waals surface area contributed by atoms with Crippen molar-refractivity contribution in [3.8, 4) is 0 Å². The van der Waals surface area contributed by atoms with E-state index in [1.54, 1.807) is 0 Å². The molecule has 0 N–H and O–H groups in total. The Kier molecular flexibility index (Phi) is 66.6. The minimum atomic E-state index is -0.784. The molecule has 0 heterocycles. The third kappa shape index (κ3) is 66.2. The number of ether oxygens (including phenoxy) is 3. The molecule has 0 aromatic heterocycles. The van der Waals surface area contributed by atoms with Gasteiger partial charge in [0.05, 0.1) is 0 Å². The van der Waals surface area contributed by atoms with Crippen LogP contribution < -0.4 is 0 Å². The molecule has 80 heavy (non-hydrogen) atoms. The van der Waals surface area contributed by atoms with Crippen molar-refractivity contribution >= 4 is 17.9 Å². The summed E-state index contributed by atoms with van der Waals surface area (Å²) < 4.78 is 17.0. The van der Waals surface area contributed by atoms with Crippen LogP contribution in [0.5, 0.6) is 0 Å². The molecule has 0 aliphatic rings. The molecule has 0 aromatic rings. The molecule has 0 radical (unpaired) electrons. The molecule has 0 saturated carbocycles. The molecule has 1 atom stereocenters. The van der Waals surface area contributed by atoms with Crippen LogP contribution in [-0.4, -0.2) is 37.2 Å². The van der Waals surface area contributed by atoms with Gasteiger partial charge in [0.1, 0.15) is 13.2 Å². The molecule has 0 saturated heterocycles.